The van der Waals surface area contributed by atoms with E-state index in [9.17, 15) is 9.59 Å². The molecule has 4 rings (SSSR count). The zero-order valence-electron chi connectivity index (χ0n) is 21.4. The number of carbonyl (C=O) groups excluding carboxylic acids is 1. The highest BCUT2D eigenvalue weighted by Crippen LogP contribution is 2.34. The minimum atomic E-state index is -0.960. The van der Waals surface area contributed by atoms with Crippen LogP contribution in [0.4, 0.5) is 5.69 Å². The lowest BCUT2D eigenvalue weighted by Crippen LogP contribution is -2.32. The summed E-state index contributed by atoms with van der Waals surface area (Å²) in [6.07, 6.45) is -0.960. The number of halogens is 1. The monoisotopic (exact) mass is 503 g/mol. The molecule has 1 amide bonds. The standard InChI is InChI=1S/C30H30ClNO4/c1-17-7-13-24(18(2)15-17)32-29(34)19(3)35-28-26(33)23-16-22(31)12-14-25(23)36-27(28)20-8-10-21(11-9-20)30(4,5)6/h7-16,19H,1-6H3,(H,32,34). The van der Waals surface area contributed by atoms with Gasteiger partial charge in [0.15, 0.2) is 11.9 Å². The SMILES string of the molecule is Cc1ccc(NC(=O)C(C)Oc2c(-c3ccc(C(C)(C)C)cc3)oc3ccc(Cl)cc3c2=O)c(C)c1. The summed E-state index contributed by atoms with van der Waals surface area (Å²) in [6, 6.07) is 18.4. The van der Waals surface area contributed by atoms with Crippen LogP contribution in [0.25, 0.3) is 22.3 Å². The van der Waals surface area contributed by atoms with E-state index in [1.165, 1.54) is 0 Å². The minimum Gasteiger partial charge on any atom is -0.473 e. The molecule has 0 aliphatic rings. The molecule has 4 aromatic rings. The van der Waals surface area contributed by atoms with Gasteiger partial charge in [-0.25, -0.2) is 0 Å². The summed E-state index contributed by atoms with van der Waals surface area (Å²) in [5.74, 6) is -0.139. The largest absolute Gasteiger partial charge is 0.473 e. The molecule has 1 aromatic heterocycles. The first-order chi connectivity index (χ1) is 16.9. The predicted octanol–water partition coefficient (Wildman–Crippen LogP) is 7.43. The second-order valence-corrected chi connectivity index (χ2v) is 10.6. The van der Waals surface area contributed by atoms with Crippen LogP contribution in [0.2, 0.25) is 5.02 Å². The predicted molar refractivity (Wildman–Crippen MR) is 146 cm³/mol. The molecule has 0 bridgehead atoms. The summed E-state index contributed by atoms with van der Waals surface area (Å²) in [5.41, 5.74) is 4.52. The third-order valence-corrected chi connectivity index (χ3v) is 6.36. The molecule has 1 unspecified atom stereocenters. The van der Waals surface area contributed by atoms with Gasteiger partial charge in [0.25, 0.3) is 5.91 Å². The molecule has 0 aliphatic carbocycles. The van der Waals surface area contributed by atoms with Gasteiger partial charge in [-0.2, -0.15) is 0 Å². The molecule has 3 aromatic carbocycles. The Labute approximate surface area is 216 Å². The average molecular weight is 504 g/mol. The van der Waals surface area contributed by atoms with Gasteiger partial charge in [0.05, 0.1) is 5.39 Å². The van der Waals surface area contributed by atoms with Crippen molar-refractivity contribution in [2.75, 3.05) is 5.32 Å². The van der Waals surface area contributed by atoms with E-state index in [1.807, 2.05) is 56.3 Å². The zero-order chi connectivity index (χ0) is 26.2. The van der Waals surface area contributed by atoms with E-state index in [-0.39, 0.29) is 33.6 Å². The zero-order valence-corrected chi connectivity index (χ0v) is 22.1. The number of fused-ring (bicyclic) bond motifs is 1. The quantitative estimate of drug-likeness (QED) is 0.307. The van der Waals surface area contributed by atoms with Gasteiger partial charge in [-0.3, -0.25) is 9.59 Å². The van der Waals surface area contributed by atoms with Crippen LogP contribution in [0.3, 0.4) is 0 Å². The fourth-order valence-electron chi connectivity index (χ4n) is 3.99. The van der Waals surface area contributed by atoms with E-state index < -0.39 is 6.10 Å². The van der Waals surface area contributed by atoms with Crippen LogP contribution in [0.5, 0.6) is 5.75 Å². The number of aryl methyl sites for hydroxylation is 2. The molecule has 0 fully saturated rings. The fraction of sp³-hybridized carbons (Fsp3) is 0.267. The maximum absolute atomic E-state index is 13.5. The summed E-state index contributed by atoms with van der Waals surface area (Å²) >= 11 is 6.15. The molecule has 0 saturated heterocycles. The normalized spacial score (nSPS) is 12.4. The van der Waals surface area contributed by atoms with Crippen molar-refractivity contribution >= 4 is 34.2 Å². The Kier molecular flexibility index (Phi) is 6.96. The van der Waals surface area contributed by atoms with Crippen LogP contribution >= 0.6 is 11.6 Å². The molecule has 0 radical (unpaired) electrons. The molecular formula is C30H30ClNO4. The maximum atomic E-state index is 13.5. The Morgan fingerprint density at radius 1 is 1.00 bits per heavy atom. The number of anilines is 1. The molecule has 1 N–H and O–H groups in total. The van der Waals surface area contributed by atoms with Crippen molar-refractivity contribution in [1.82, 2.24) is 0 Å². The molecule has 0 saturated carbocycles. The molecule has 1 atom stereocenters. The highest BCUT2D eigenvalue weighted by molar-refractivity contribution is 6.31. The van der Waals surface area contributed by atoms with Crippen LogP contribution in [-0.4, -0.2) is 12.0 Å². The van der Waals surface area contributed by atoms with Gasteiger partial charge in [0.2, 0.25) is 11.2 Å². The first kappa shape index (κ1) is 25.5. The van der Waals surface area contributed by atoms with Crippen LogP contribution in [0.1, 0.15) is 44.4 Å². The lowest BCUT2D eigenvalue weighted by molar-refractivity contribution is -0.122. The Morgan fingerprint density at radius 3 is 2.33 bits per heavy atom. The van der Waals surface area contributed by atoms with Crippen LogP contribution in [0, 0.1) is 13.8 Å². The van der Waals surface area contributed by atoms with Gasteiger partial charge in [-0.05, 0) is 61.6 Å². The maximum Gasteiger partial charge on any atom is 0.265 e. The van der Waals surface area contributed by atoms with Crippen LogP contribution in [-0.2, 0) is 10.2 Å². The van der Waals surface area contributed by atoms with Crippen molar-refractivity contribution in [3.8, 4) is 17.1 Å². The lowest BCUT2D eigenvalue weighted by atomic mass is 9.86. The highest BCUT2D eigenvalue weighted by Gasteiger charge is 2.24. The van der Waals surface area contributed by atoms with Gasteiger partial charge in [0, 0.05) is 16.3 Å². The molecule has 36 heavy (non-hydrogen) atoms. The summed E-state index contributed by atoms with van der Waals surface area (Å²) in [6.45, 7) is 11.9. The minimum absolute atomic E-state index is 0.0282. The van der Waals surface area contributed by atoms with E-state index in [0.29, 0.717) is 21.9 Å². The first-order valence-corrected chi connectivity index (χ1v) is 12.2. The highest BCUT2D eigenvalue weighted by atomic mass is 35.5. The number of benzene rings is 3. The fourth-order valence-corrected chi connectivity index (χ4v) is 4.16. The van der Waals surface area contributed by atoms with Gasteiger partial charge < -0.3 is 14.5 Å². The molecule has 6 heteroatoms. The van der Waals surface area contributed by atoms with Gasteiger partial charge in [0.1, 0.15) is 5.58 Å². The van der Waals surface area contributed by atoms with Crippen LogP contribution in [0.15, 0.2) is 69.9 Å². The van der Waals surface area contributed by atoms with Gasteiger partial charge in [-0.15, -0.1) is 0 Å². The van der Waals surface area contributed by atoms with E-state index in [2.05, 4.69) is 26.1 Å². The second-order valence-electron chi connectivity index (χ2n) is 10.1. The van der Waals surface area contributed by atoms with Crippen molar-refractivity contribution in [2.45, 2.75) is 53.1 Å². The van der Waals surface area contributed by atoms with Crippen molar-refractivity contribution in [3.05, 3.63) is 92.6 Å². The summed E-state index contributed by atoms with van der Waals surface area (Å²) in [5, 5.41) is 3.58. The number of carbonyl (C=O) groups is 1. The topological polar surface area (TPSA) is 68.5 Å². The molecule has 0 aliphatic heterocycles. The van der Waals surface area contributed by atoms with Crippen molar-refractivity contribution in [1.29, 1.82) is 0 Å². The molecule has 1 heterocycles. The molecule has 5 nitrogen and oxygen atoms in total. The molecular weight excluding hydrogens is 474 g/mol. The molecule has 186 valence electrons. The summed E-state index contributed by atoms with van der Waals surface area (Å²) < 4.78 is 12.2. The summed E-state index contributed by atoms with van der Waals surface area (Å²) in [4.78, 5) is 26.5. The number of rotatable bonds is 5. The van der Waals surface area contributed by atoms with E-state index in [0.717, 1.165) is 16.7 Å². The lowest BCUT2D eigenvalue weighted by Gasteiger charge is -2.20. The number of hydrogen-bond acceptors (Lipinski definition) is 4. The van der Waals surface area contributed by atoms with Crippen molar-refractivity contribution in [2.24, 2.45) is 0 Å². The molecule has 0 spiro atoms. The number of ether oxygens (including phenoxy) is 1. The third kappa shape index (κ3) is 5.31. The average Bonchev–Trinajstić information content (AvgIpc) is 2.82. The van der Waals surface area contributed by atoms with Gasteiger partial charge >= 0.3 is 0 Å². The third-order valence-electron chi connectivity index (χ3n) is 6.13. The van der Waals surface area contributed by atoms with E-state index in [4.69, 9.17) is 20.8 Å². The Hall–Kier alpha value is -3.57. The smallest absolute Gasteiger partial charge is 0.265 e. The van der Waals surface area contributed by atoms with Gasteiger partial charge in [-0.1, -0.05) is 74.3 Å². The Morgan fingerprint density at radius 2 is 1.69 bits per heavy atom. The van der Waals surface area contributed by atoms with Crippen molar-refractivity contribution < 1.29 is 13.9 Å². The van der Waals surface area contributed by atoms with Crippen LogP contribution < -0.4 is 15.5 Å². The van der Waals surface area contributed by atoms with E-state index >= 15 is 0 Å². The Bertz CT molecular complexity index is 1500. The summed E-state index contributed by atoms with van der Waals surface area (Å²) in [7, 11) is 0. The Balaban J connectivity index is 1.75. The first-order valence-electron chi connectivity index (χ1n) is 11.9. The second kappa shape index (κ2) is 9.82. The van der Waals surface area contributed by atoms with E-state index in [1.54, 1.807) is 25.1 Å². The van der Waals surface area contributed by atoms with Crippen molar-refractivity contribution in [3.63, 3.8) is 0 Å². The number of amides is 1. The number of nitrogens with one attached hydrogen (secondary N) is 1. The number of hydrogen-bond donors (Lipinski definition) is 1.